The van der Waals surface area contributed by atoms with Crippen molar-refractivity contribution < 1.29 is 9.47 Å². The number of likely N-dealkylation sites (N-methyl/N-ethyl adjacent to an activating group) is 1. The van der Waals surface area contributed by atoms with E-state index in [1.807, 2.05) is 6.07 Å². The Morgan fingerprint density at radius 3 is 2.76 bits per heavy atom. The third kappa shape index (κ3) is 1.87. The molecule has 1 aromatic carbocycles. The zero-order valence-electron chi connectivity index (χ0n) is 10.3. The summed E-state index contributed by atoms with van der Waals surface area (Å²) in [6.45, 7) is 4.75. The van der Waals surface area contributed by atoms with E-state index in [1.54, 1.807) is 0 Å². The summed E-state index contributed by atoms with van der Waals surface area (Å²) in [5, 5.41) is 3.30. The Bertz CT molecular complexity index is 418. The first-order valence-electron chi connectivity index (χ1n) is 6.08. The Kier molecular flexibility index (Phi) is 2.68. The van der Waals surface area contributed by atoms with Gasteiger partial charge in [0, 0.05) is 25.2 Å². The zero-order chi connectivity index (χ0) is 11.8. The minimum Gasteiger partial charge on any atom is -0.454 e. The van der Waals surface area contributed by atoms with Crippen LogP contribution in [0.15, 0.2) is 18.2 Å². The third-order valence-corrected chi connectivity index (χ3v) is 3.83. The molecule has 1 aromatic rings. The predicted molar refractivity (Wildman–Crippen MR) is 65.4 cm³/mol. The van der Waals surface area contributed by atoms with Crippen LogP contribution in [0.4, 0.5) is 0 Å². The molecule has 1 atom stereocenters. The van der Waals surface area contributed by atoms with Crippen LogP contribution in [-0.4, -0.2) is 37.9 Å². The molecule has 3 rings (SSSR count). The summed E-state index contributed by atoms with van der Waals surface area (Å²) >= 11 is 0. The van der Waals surface area contributed by atoms with Crippen LogP contribution in [0.5, 0.6) is 11.5 Å². The van der Waals surface area contributed by atoms with E-state index in [4.69, 9.17) is 9.47 Å². The van der Waals surface area contributed by atoms with Gasteiger partial charge in [0.1, 0.15) is 0 Å². The number of hydrogen-bond acceptors (Lipinski definition) is 4. The summed E-state index contributed by atoms with van der Waals surface area (Å²) < 4.78 is 10.7. The maximum absolute atomic E-state index is 5.42. The van der Waals surface area contributed by atoms with Crippen LogP contribution >= 0.6 is 0 Å². The van der Waals surface area contributed by atoms with Crippen LogP contribution in [0, 0.1) is 0 Å². The largest absolute Gasteiger partial charge is 0.454 e. The van der Waals surface area contributed by atoms with Gasteiger partial charge in [-0.25, -0.2) is 0 Å². The van der Waals surface area contributed by atoms with Crippen molar-refractivity contribution in [3.63, 3.8) is 0 Å². The maximum Gasteiger partial charge on any atom is 0.231 e. The molecular weight excluding hydrogens is 216 g/mol. The van der Waals surface area contributed by atoms with Crippen molar-refractivity contribution in [2.45, 2.75) is 19.0 Å². The Labute approximate surface area is 102 Å². The van der Waals surface area contributed by atoms with Crippen LogP contribution < -0.4 is 14.8 Å². The standard InChI is InChI=1S/C13H18N2O2/c1-9(15(2)11-6-14-7-11)10-3-4-12-13(5-10)17-8-16-12/h3-5,9,11,14H,6-8H2,1-2H3. The summed E-state index contributed by atoms with van der Waals surface area (Å²) in [6.07, 6.45) is 0. The van der Waals surface area contributed by atoms with Gasteiger partial charge in [-0.1, -0.05) is 6.07 Å². The van der Waals surface area contributed by atoms with Crippen LogP contribution in [0.2, 0.25) is 0 Å². The molecule has 2 aliphatic heterocycles. The van der Waals surface area contributed by atoms with Crippen LogP contribution in [0.3, 0.4) is 0 Å². The topological polar surface area (TPSA) is 33.7 Å². The van der Waals surface area contributed by atoms with Crippen molar-refractivity contribution in [1.29, 1.82) is 0 Å². The molecule has 0 radical (unpaired) electrons. The highest BCUT2D eigenvalue weighted by atomic mass is 16.7. The van der Waals surface area contributed by atoms with E-state index < -0.39 is 0 Å². The fourth-order valence-electron chi connectivity index (χ4n) is 2.29. The van der Waals surface area contributed by atoms with E-state index in [9.17, 15) is 0 Å². The van der Waals surface area contributed by atoms with Gasteiger partial charge in [0.15, 0.2) is 11.5 Å². The lowest BCUT2D eigenvalue weighted by Crippen LogP contribution is -2.56. The molecule has 2 heterocycles. The lowest BCUT2D eigenvalue weighted by molar-refractivity contribution is 0.136. The number of rotatable bonds is 3. The first-order valence-corrected chi connectivity index (χ1v) is 6.08. The van der Waals surface area contributed by atoms with Gasteiger partial charge in [-0.2, -0.15) is 0 Å². The van der Waals surface area contributed by atoms with Crippen LogP contribution in [-0.2, 0) is 0 Å². The Morgan fingerprint density at radius 1 is 1.29 bits per heavy atom. The van der Waals surface area contributed by atoms with Crippen molar-refractivity contribution in [1.82, 2.24) is 10.2 Å². The van der Waals surface area contributed by atoms with E-state index >= 15 is 0 Å². The first kappa shape index (κ1) is 10.9. The van der Waals surface area contributed by atoms with Crippen molar-refractivity contribution in [2.24, 2.45) is 0 Å². The summed E-state index contributed by atoms with van der Waals surface area (Å²) in [6, 6.07) is 7.27. The fraction of sp³-hybridized carbons (Fsp3) is 0.538. The number of fused-ring (bicyclic) bond motifs is 1. The quantitative estimate of drug-likeness (QED) is 0.856. The van der Waals surface area contributed by atoms with Gasteiger partial charge in [-0.3, -0.25) is 4.90 Å². The van der Waals surface area contributed by atoms with E-state index in [0.29, 0.717) is 18.9 Å². The SMILES string of the molecule is CC(c1ccc2c(c1)OCO2)N(C)C1CNC1. The van der Waals surface area contributed by atoms with Crippen molar-refractivity contribution in [3.05, 3.63) is 23.8 Å². The first-order chi connectivity index (χ1) is 8.25. The average molecular weight is 234 g/mol. The number of nitrogens with one attached hydrogen (secondary N) is 1. The highest BCUT2D eigenvalue weighted by Gasteiger charge is 2.26. The van der Waals surface area contributed by atoms with Gasteiger partial charge >= 0.3 is 0 Å². The van der Waals surface area contributed by atoms with Crippen molar-refractivity contribution in [3.8, 4) is 11.5 Å². The third-order valence-electron chi connectivity index (χ3n) is 3.83. The smallest absolute Gasteiger partial charge is 0.231 e. The lowest BCUT2D eigenvalue weighted by atomic mass is 10.0. The molecule has 0 bridgehead atoms. The molecular formula is C13H18N2O2. The number of hydrogen-bond donors (Lipinski definition) is 1. The second kappa shape index (κ2) is 4.20. The van der Waals surface area contributed by atoms with Crippen LogP contribution in [0.1, 0.15) is 18.5 Å². The fourth-order valence-corrected chi connectivity index (χ4v) is 2.29. The molecule has 17 heavy (non-hydrogen) atoms. The molecule has 1 fully saturated rings. The van der Waals surface area contributed by atoms with E-state index in [1.165, 1.54) is 5.56 Å². The monoisotopic (exact) mass is 234 g/mol. The molecule has 0 spiro atoms. The highest BCUT2D eigenvalue weighted by Crippen LogP contribution is 2.35. The molecule has 1 N–H and O–H groups in total. The van der Waals surface area contributed by atoms with E-state index in [0.717, 1.165) is 24.6 Å². The minimum atomic E-state index is 0.343. The van der Waals surface area contributed by atoms with Gasteiger partial charge in [-0.05, 0) is 31.7 Å². The van der Waals surface area contributed by atoms with Gasteiger partial charge in [0.25, 0.3) is 0 Å². The Balaban J connectivity index is 1.78. The molecule has 0 aliphatic carbocycles. The second-order valence-corrected chi connectivity index (χ2v) is 4.77. The predicted octanol–water partition coefficient (Wildman–Crippen LogP) is 1.38. The molecule has 0 aromatic heterocycles. The van der Waals surface area contributed by atoms with Crippen molar-refractivity contribution >= 4 is 0 Å². The molecule has 1 saturated heterocycles. The lowest BCUT2D eigenvalue weighted by Gasteiger charge is -2.39. The summed E-state index contributed by atoms with van der Waals surface area (Å²) in [4.78, 5) is 2.41. The Morgan fingerprint density at radius 2 is 2.06 bits per heavy atom. The summed E-state index contributed by atoms with van der Waals surface area (Å²) in [5.41, 5.74) is 1.28. The average Bonchev–Trinajstić information content (AvgIpc) is 2.72. The van der Waals surface area contributed by atoms with E-state index in [-0.39, 0.29) is 0 Å². The zero-order valence-corrected chi connectivity index (χ0v) is 10.3. The maximum atomic E-state index is 5.42. The van der Waals surface area contributed by atoms with Gasteiger partial charge in [0.2, 0.25) is 6.79 Å². The van der Waals surface area contributed by atoms with Gasteiger partial charge in [-0.15, -0.1) is 0 Å². The van der Waals surface area contributed by atoms with Gasteiger partial charge in [0.05, 0.1) is 0 Å². The van der Waals surface area contributed by atoms with Crippen LogP contribution in [0.25, 0.3) is 0 Å². The molecule has 2 aliphatic rings. The normalized spacial score (nSPS) is 20.4. The van der Waals surface area contributed by atoms with E-state index in [2.05, 4.69) is 36.3 Å². The molecule has 0 amide bonds. The minimum absolute atomic E-state index is 0.343. The summed E-state index contributed by atoms with van der Waals surface area (Å²) in [5.74, 6) is 1.73. The summed E-state index contributed by atoms with van der Waals surface area (Å²) in [7, 11) is 2.18. The molecule has 4 heteroatoms. The molecule has 92 valence electrons. The van der Waals surface area contributed by atoms with Gasteiger partial charge < -0.3 is 14.8 Å². The highest BCUT2D eigenvalue weighted by molar-refractivity contribution is 5.45. The number of benzene rings is 1. The van der Waals surface area contributed by atoms with Crippen molar-refractivity contribution in [2.75, 3.05) is 26.9 Å². The second-order valence-electron chi connectivity index (χ2n) is 4.77. The molecule has 4 nitrogen and oxygen atoms in total. The molecule has 0 saturated carbocycles. The molecule has 1 unspecified atom stereocenters. The Hall–Kier alpha value is -1.26. The number of ether oxygens (including phenoxy) is 2. The number of nitrogens with zero attached hydrogens (tertiary/aromatic N) is 1.